The van der Waals surface area contributed by atoms with Gasteiger partial charge in [0.2, 0.25) is 0 Å². The molecule has 1 heterocycles. The SMILES string of the molecule is CCC(C)c1c(C)nc(-c2ccccc2)[nH]c1=O. The third-order valence-electron chi connectivity index (χ3n) is 3.30. The van der Waals surface area contributed by atoms with Gasteiger partial charge in [0.25, 0.3) is 5.56 Å². The van der Waals surface area contributed by atoms with Crippen molar-refractivity contribution in [3.63, 3.8) is 0 Å². The van der Waals surface area contributed by atoms with Gasteiger partial charge in [-0.25, -0.2) is 4.98 Å². The summed E-state index contributed by atoms with van der Waals surface area (Å²) in [5.74, 6) is 0.885. The minimum atomic E-state index is -0.0179. The summed E-state index contributed by atoms with van der Waals surface area (Å²) in [4.78, 5) is 19.5. The molecule has 0 fully saturated rings. The second-order valence-corrected chi connectivity index (χ2v) is 4.59. The lowest BCUT2D eigenvalue weighted by molar-refractivity contribution is 0.708. The molecule has 0 amide bonds. The van der Waals surface area contributed by atoms with Gasteiger partial charge in [-0.1, -0.05) is 44.2 Å². The summed E-state index contributed by atoms with van der Waals surface area (Å²) < 4.78 is 0. The Bertz CT molecular complexity index is 587. The summed E-state index contributed by atoms with van der Waals surface area (Å²) in [5.41, 5.74) is 2.55. The molecule has 18 heavy (non-hydrogen) atoms. The maximum atomic E-state index is 12.1. The van der Waals surface area contributed by atoms with E-state index in [-0.39, 0.29) is 11.5 Å². The second kappa shape index (κ2) is 5.17. The topological polar surface area (TPSA) is 45.8 Å². The molecule has 0 saturated carbocycles. The molecular formula is C15H18N2O. The number of aromatic amines is 1. The van der Waals surface area contributed by atoms with Gasteiger partial charge >= 0.3 is 0 Å². The predicted molar refractivity (Wildman–Crippen MR) is 73.7 cm³/mol. The number of hydrogen-bond acceptors (Lipinski definition) is 2. The summed E-state index contributed by atoms with van der Waals surface area (Å²) >= 11 is 0. The van der Waals surface area contributed by atoms with Gasteiger partial charge in [-0.3, -0.25) is 4.79 Å². The van der Waals surface area contributed by atoms with Crippen molar-refractivity contribution in [3.8, 4) is 11.4 Å². The summed E-state index contributed by atoms with van der Waals surface area (Å²) in [6, 6.07) is 9.71. The molecule has 0 aliphatic heterocycles. The first-order valence-corrected chi connectivity index (χ1v) is 6.29. The average Bonchev–Trinajstić information content (AvgIpc) is 2.38. The van der Waals surface area contributed by atoms with Gasteiger partial charge < -0.3 is 4.98 Å². The van der Waals surface area contributed by atoms with Gasteiger partial charge in [0.05, 0.1) is 0 Å². The molecular weight excluding hydrogens is 224 g/mol. The summed E-state index contributed by atoms with van der Waals surface area (Å²) in [6.45, 7) is 6.04. The van der Waals surface area contributed by atoms with E-state index in [4.69, 9.17) is 0 Å². The Balaban J connectivity index is 2.53. The van der Waals surface area contributed by atoms with Crippen LogP contribution in [0.4, 0.5) is 0 Å². The lowest BCUT2D eigenvalue weighted by Gasteiger charge is -2.12. The largest absolute Gasteiger partial charge is 0.306 e. The van der Waals surface area contributed by atoms with Gasteiger partial charge in [0.15, 0.2) is 0 Å². The molecule has 0 saturated heterocycles. The highest BCUT2D eigenvalue weighted by Crippen LogP contribution is 2.19. The highest BCUT2D eigenvalue weighted by Gasteiger charge is 2.14. The molecule has 2 rings (SSSR count). The normalized spacial score (nSPS) is 12.4. The van der Waals surface area contributed by atoms with Crippen LogP contribution >= 0.6 is 0 Å². The zero-order chi connectivity index (χ0) is 13.1. The second-order valence-electron chi connectivity index (χ2n) is 4.59. The summed E-state index contributed by atoms with van der Waals surface area (Å²) in [5, 5.41) is 0. The number of hydrogen-bond donors (Lipinski definition) is 1. The number of aryl methyl sites for hydroxylation is 1. The van der Waals surface area contributed by atoms with Crippen molar-refractivity contribution in [3.05, 3.63) is 51.9 Å². The highest BCUT2D eigenvalue weighted by atomic mass is 16.1. The first kappa shape index (κ1) is 12.6. The number of aromatic nitrogens is 2. The van der Waals surface area contributed by atoms with Crippen LogP contribution in [-0.4, -0.2) is 9.97 Å². The minimum Gasteiger partial charge on any atom is -0.306 e. The number of benzene rings is 1. The Kier molecular flexibility index (Phi) is 3.60. The summed E-state index contributed by atoms with van der Waals surface area (Å²) in [6.07, 6.45) is 0.941. The number of H-pyrrole nitrogens is 1. The first-order valence-electron chi connectivity index (χ1n) is 6.29. The maximum Gasteiger partial charge on any atom is 0.254 e. The number of nitrogens with zero attached hydrogens (tertiary/aromatic N) is 1. The van der Waals surface area contributed by atoms with E-state index in [1.807, 2.05) is 37.3 Å². The van der Waals surface area contributed by atoms with Crippen molar-refractivity contribution in [2.24, 2.45) is 0 Å². The van der Waals surface area contributed by atoms with Crippen LogP contribution in [0.25, 0.3) is 11.4 Å². The van der Waals surface area contributed by atoms with Crippen LogP contribution in [0.2, 0.25) is 0 Å². The lowest BCUT2D eigenvalue weighted by Crippen LogP contribution is -2.19. The number of rotatable bonds is 3. The molecule has 0 spiro atoms. The molecule has 1 atom stereocenters. The van der Waals surface area contributed by atoms with Gasteiger partial charge in [-0.2, -0.15) is 0 Å². The molecule has 1 N–H and O–H groups in total. The van der Waals surface area contributed by atoms with Crippen LogP contribution in [0, 0.1) is 6.92 Å². The summed E-state index contributed by atoms with van der Waals surface area (Å²) in [7, 11) is 0. The zero-order valence-electron chi connectivity index (χ0n) is 11.0. The fraction of sp³-hybridized carbons (Fsp3) is 0.333. The molecule has 1 unspecified atom stereocenters. The lowest BCUT2D eigenvalue weighted by atomic mass is 9.98. The van der Waals surface area contributed by atoms with E-state index >= 15 is 0 Å². The van der Waals surface area contributed by atoms with E-state index < -0.39 is 0 Å². The molecule has 0 aliphatic rings. The Morgan fingerprint density at radius 1 is 1.28 bits per heavy atom. The fourth-order valence-electron chi connectivity index (χ4n) is 2.11. The Hall–Kier alpha value is -1.90. The predicted octanol–water partition coefficient (Wildman–Crippen LogP) is 3.26. The quantitative estimate of drug-likeness (QED) is 0.898. The van der Waals surface area contributed by atoms with Crippen molar-refractivity contribution in [2.45, 2.75) is 33.1 Å². The van der Waals surface area contributed by atoms with Gasteiger partial charge in [0, 0.05) is 16.8 Å². The third-order valence-corrected chi connectivity index (χ3v) is 3.30. The molecule has 0 bridgehead atoms. The van der Waals surface area contributed by atoms with Crippen LogP contribution < -0.4 is 5.56 Å². The molecule has 0 radical (unpaired) electrons. The standard InChI is InChI=1S/C15H18N2O/c1-4-10(2)13-11(3)16-14(17-15(13)18)12-8-6-5-7-9-12/h5-10H,4H2,1-3H3,(H,16,17,18). The van der Waals surface area contributed by atoms with Crippen molar-refractivity contribution < 1.29 is 0 Å². The van der Waals surface area contributed by atoms with E-state index in [1.54, 1.807) is 0 Å². The molecule has 1 aromatic heterocycles. The smallest absolute Gasteiger partial charge is 0.254 e. The molecule has 0 aliphatic carbocycles. The van der Waals surface area contributed by atoms with Crippen molar-refractivity contribution in [2.75, 3.05) is 0 Å². The Morgan fingerprint density at radius 2 is 1.94 bits per heavy atom. The van der Waals surface area contributed by atoms with Crippen LogP contribution in [0.15, 0.2) is 35.1 Å². The van der Waals surface area contributed by atoms with Crippen molar-refractivity contribution in [1.82, 2.24) is 9.97 Å². The zero-order valence-corrected chi connectivity index (χ0v) is 11.0. The van der Waals surface area contributed by atoms with Crippen molar-refractivity contribution >= 4 is 0 Å². The van der Waals surface area contributed by atoms with Crippen LogP contribution in [0.5, 0.6) is 0 Å². The monoisotopic (exact) mass is 242 g/mol. The molecule has 3 nitrogen and oxygen atoms in total. The van der Waals surface area contributed by atoms with E-state index in [0.717, 1.165) is 23.2 Å². The number of nitrogens with one attached hydrogen (secondary N) is 1. The Labute approximate surface area is 107 Å². The van der Waals surface area contributed by atoms with E-state index in [2.05, 4.69) is 23.8 Å². The van der Waals surface area contributed by atoms with Gasteiger partial charge in [-0.05, 0) is 19.3 Å². The van der Waals surface area contributed by atoms with E-state index in [1.165, 1.54) is 0 Å². The molecule has 1 aromatic carbocycles. The first-order chi connectivity index (χ1) is 8.63. The van der Waals surface area contributed by atoms with Crippen LogP contribution in [0.3, 0.4) is 0 Å². The van der Waals surface area contributed by atoms with Crippen LogP contribution in [-0.2, 0) is 0 Å². The van der Waals surface area contributed by atoms with Crippen LogP contribution in [0.1, 0.15) is 37.4 Å². The minimum absolute atomic E-state index is 0.0179. The van der Waals surface area contributed by atoms with Gasteiger partial charge in [-0.15, -0.1) is 0 Å². The maximum absolute atomic E-state index is 12.1. The molecule has 3 heteroatoms. The molecule has 94 valence electrons. The van der Waals surface area contributed by atoms with E-state index in [0.29, 0.717) is 5.82 Å². The van der Waals surface area contributed by atoms with Crippen molar-refractivity contribution in [1.29, 1.82) is 0 Å². The van der Waals surface area contributed by atoms with Gasteiger partial charge in [0.1, 0.15) is 5.82 Å². The van der Waals surface area contributed by atoms with E-state index in [9.17, 15) is 4.79 Å². The third kappa shape index (κ3) is 2.35. The average molecular weight is 242 g/mol. The highest BCUT2D eigenvalue weighted by molar-refractivity contribution is 5.54. The molecule has 2 aromatic rings. The fourth-order valence-corrected chi connectivity index (χ4v) is 2.11. The Morgan fingerprint density at radius 3 is 2.50 bits per heavy atom.